The molecular weight excluding hydrogens is 373 g/mol. The molecule has 0 aliphatic heterocycles. The second-order valence-corrected chi connectivity index (χ2v) is 6.21. The summed E-state index contributed by atoms with van der Waals surface area (Å²) in [6.07, 6.45) is 7.63. The van der Waals surface area contributed by atoms with Gasteiger partial charge in [-0.25, -0.2) is 4.98 Å². The number of anilines is 1. The van der Waals surface area contributed by atoms with E-state index in [-0.39, 0.29) is 11.8 Å². The van der Waals surface area contributed by atoms with Crippen LogP contribution < -0.4 is 5.32 Å². The molecule has 0 aromatic carbocycles. The number of pyridine rings is 1. The zero-order valence-corrected chi connectivity index (χ0v) is 15.1. The molecule has 0 fully saturated rings. The quantitative estimate of drug-likeness (QED) is 0.469. The van der Waals surface area contributed by atoms with Crippen LogP contribution in [0.15, 0.2) is 43.0 Å². The SMILES string of the molecule is O=C(Nc1cnn(-c2ccnnc2)n1)C(CCCCl)Cc1ccc(F)nc1. The fourth-order valence-electron chi connectivity index (χ4n) is 2.54. The molecule has 3 aromatic rings. The van der Waals surface area contributed by atoms with Gasteiger partial charge in [0.2, 0.25) is 11.9 Å². The Balaban J connectivity index is 1.68. The second-order valence-electron chi connectivity index (χ2n) is 5.83. The van der Waals surface area contributed by atoms with E-state index < -0.39 is 5.95 Å². The topological polar surface area (TPSA) is 98.5 Å². The van der Waals surface area contributed by atoms with Crippen molar-refractivity contribution in [3.8, 4) is 5.69 Å². The molecule has 0 aliphatic carbocycles. The van der Waals surface area contributed by atoms with Gasteiger partial charge in [0, 0.05) is 18.0 Å². The Bertz CT molecular complexity index is 873. The summed E-state index contributed by atoms with van der Waals surface area (Å²) in [7, 11) is 0. The molecule has 8 nitrogen and oxygen atoms in total. The third-order valence-corrected chi connectivity index (χ3v) is 4.14. The van der Waals surface area contributed by atoms with Gasteiger partial charge in [-0.2, -0.15) is 19.7 Å². The largest absolute Gasteiger partial charge is 0.308 e. The number of halogens is 2. The highest BCUT2D eigenvalue weighted by atomic mass is 35.5. The predicted molar refractivity (Wildman–Crippen MR) is 96.9 cm³/mol. The molecule has 1 N–H and O–H groups in total. The van der Waals surface area contributed by atoms with Crippen LogP contribution in [0.25, 0.3) is 5.69 Å². The lowest BCUT2D eigenvalue weighted by molar-refractivity contribution is -0.120. The summed E-state index contributed by atoms with van der Waals surface area (Å²) in [4.78, 5) is 17.7. The molecule has 0 spiro atoms. The van der Waals surface area contributed by atoms with Crippen molar-refractivity contribution in [3.05, 3.63) is 54.5 Å². The molecule has 10 heteroatoms. The van der Waals surface area contributed by atoms with Crippen LogP contribution in [0.2, 0.25) is 0 Å². The van der Waals surface area contributed by atoms with Gasteiger partial charge in [0.1, 0.15) is 5.69 Å². The lowest BCUT2D eigenvalue weighted by atomic mass is 9.95. The number of nitrogens with zero attached hydrogens (tertiary/aromatic N) is 6. The van der Waals surface area contributed by atoms with E-state index in [0.29, 0.717) is 36.6 Å². The zero-order chi connectivity index (χ0) is 19.1. The summed E-state index contributed by atoms with van der Waals surface area (Å²) in [6.45, 7) is 0. The maximum absolute atomic E-state index is 13.0. The van der Waals surface area contributed by atoms with Gasteiger partial charge in [0.25, 0.3) is 0 Å². The number of alkyl halides is 1. The van der Waals surface area contributed by atoms with Crippen molar-refractivity contribution in [1.29, 1.82) is 0 Å². The van der Waals surface area contributed by atoms with Crippen molar-refractivity contribution in [2.45, 2.75) is 19.3 Å². The van der Waals surface area contributed by atoms with Gasteiger partial charge in [0.15, 0.2) is 5.82 Å². The second kappa shape index (κ2) is 9.13. The average molecular weight is 390 g/mol. The van der Waals surface area contributed by atoms with Crippen LogP contribution in [0.1, 0.15) is 18.4 Å². The van der Waals surface area contributed by atoms with Crippen LogP contribution in [0.3, 0.4) is 0 Å². The highest BCUT2D eigenvalue weighted by Crippen LogP contribution is 2.17. The maximum Gasteiger partial charge on any atom is 0.229 e. The van der Waals surface area contributed by atoms with E-state index >= 15 is 0 Å². The number of hydrogen-bond acceptors (Lipinski definition) is 6. The highest BCUT2D eigenvalue weighted by molar-refractivity contribution is 6.17. The summed E-state index contributed by atoms with van der Waals surface area (Å²) in [5.74, 6) is -0.322. The number of hydrogen-bond donors (Lipinski definition) is 1. The van der Waals surface area contributed by atoms with E-state index in [1.54, 1.807) is 12.1 Å². The number of carbonyl (C=O) groups excluding carboxylic acids is 1. The highest BCUT2D eigenvalue weighted by Gasteiger charge is 2.20. The van der Waals surface area contributed by atoms with Crippen LogP contribution >= 0.6 is 11.6 Å². The van der Waals surface area contributed by atoms with Gasteiger partial charge in [-0.15, -0.1) is 21.5 Å². The first-order valence-corrected chi connectivity index (χ1v) is 8.86. The van der Waals surface area contributed by atoms with E-state index in [9.17, 15) is 9.18 Å². The fraction of sp³-hybridized carbons (Fsp3) is 0.294. The molecular formula is C17H17ClFN7O. The molecule has 1 amide bonds. The van der Waals surface area contributed by atoms with E-state index in [0.717, 1.165) is 5.56 Å². The molecule has 140 valence electrons. The van der Waals surface area contributed by atoms with Crippen LogP contribution in [-0.4, -0.2) is 42.0 Å². The molecule has 0 aliphatic rings. The van der Waals surface area contributed by atoms with Crippen LogP contribution in [-0.2, 0) is 11.2 Å². The average Bonchev–Trinajstić information content (AvgIpc) is 3.15. The van der Waals surface area contributed by atoms with Crippen molar-refractivity contribution in [3.63, 3.8) is 0 Å². The number of amides is 1. The minimum absolute atomic E-state index is 0.204. The van der Waals surface area contributed by atoms with Crippen molar-refractivity contribution < 1.29 is 9.18 Å². The van der Waals surface area contributed by atoms with Crippen molar-refractivity contribution in [2.75, 3.05) is 11.2 Å². The van der Waals surface area contributed by atoms with Gasteiger partial charge < -0.3 is 5.32 Å². The number of rotatable bonds is 8. The summed E-state index contributed by atoms with van der Waals surface area (Å²) in [5.41, 5.74) is 1.40. The van der Waals surface area contributed by atoms with Crippen molar-refractivity contribution in [1.82, 2.24) is 30.2 Å². The molecule has 3 heterocycles. The molecule has 1 atom stereocenters. The Morgan fingerprint density at radius 3 is 2.81 bits per heavy atom. The maximum atomic E-state index is 13.0. The lowest BCUT2D eigenvalue weighted by Crippen LogP contribution is -2.25. The van der Waals surface area contributed by atoms with Gasteiger partial charge >= 0.3 is 0 Å². The first kappa shape index (κ1) is 18.8. The third kappa shape index (κ3) is 5.27. The minimum atomic E-state index is -0.553. The summed E-state index contributed by atoms with van der Waals surface area (Å²) in [5, 5.41) is 18.5. The number of nitrogens with one attached hydrogen (secondary N) is 1. The van der Waals surface area contributed by atoms with Crippen LogP contribution in [0.4, 0.5) is 10.2 Å². The van der Waals surface area contributed by atoms with E-state index in [1.165, 1.54) is 35.7 Å². The van der Waals surface area contributed by atoms with E-state index in [4.69, 9.17) is 11.6 Å². The first-order chi connectivity index (χ1) is 13.2. The zero-order valence-electron chi connectivity index (χ0n) is 14.3. The lowest BCUT2D eigenvalue weighted by Gasteiger charge is -2.15. The molecule has 0 saturated carbocycles. The van der Waals surface area contributed by atoms with Gasteiger partial charge in [-0.05, 0) is 37.0 Å². The van der Waals surface area contributed by atoms with Crippen molar-refractivity contribution >= 4 is 23.3 Å². The normalized spacial score (nSPS) is 11.9. The number of carbonyl (C=O) groups is 1. The standard InChI is InChI=1S/C17H17ClFN7O/c18-6-1-2-13(8-12-3-4-15(19)20-9-12)17(27)24-16-11-23-26(25-16)14-5-7-21-22-10-14/h3-5,7,9-11,13H,1-2,6,8H2,(H,24,25,27). The molecule has 1 unspecified atom stereocenters. The molecule has 0 bridgehead atoms. The Morgan fingerprint density at radius 1 is 1.22 bits per heavy atom. The van der Waals surface area contributed by atoms with E-state index in [1.807, 2.05) is 0 Å². The summed E-state index contributed by atoms with van der Waals surface area (Å²) >= 11 is 5.78. The summed E-state index contributed by atoms with van der Waals surface area (Å²) in [6, 6.07) is 4.60. The molecule has 0 radical (unpaired) electrons. The number of aromatic nitrogens is 6. The first-order valence-electron chi connectivity index (χ1n) is 8.32. The van der Waals surface area contributed by atoms with Gasteiger partial charge in [0.05, 0.1) is 18.6 Å². The minimum Gasteiger partial charge on any atom is -0.308 e. The molecule has 0 saturated heterocycles. The molecule has 3 aromatic heterocycles. The van der Waals surface area contributed by atoms with E-state index in [2.05, 4.69) is 30.7 Å². The van der Waals surface area contributed by atoms with Crippen LogP contribution in [0.5, 0.6) is 0 Å². The monoisotopic (exact) mass is 389 g/mol. The fourth-order valence-corrected chi connectivity index (χ4v) is 2.69. The summed E-state index contributed by atoms with van der Waals surface area (Å²) < 4.78 is 13.0. The Kier molecular flexibility index (Phi) is 6.37. The third-order valence-electron chi connectivity index (χ3n) is 3.87. The van der Waals surface area contributed by atoms with Crippen LogP contribution in [0, 0.1) is 11.9 Å². The van der Waals surface area contributed by atoms with Gasteiger partial charge in [-0.1, -0.05) is 6.07 Å². The van der Waals surface area contributed by atoms with Crippen molar-refractivity contribution in [2.24, 2.45) is 5.92 Å². The molecule has 27 heavy (non-hydrogen) atoms. The molecule has 3 rings (SSSR count). The smallest absolute Gasteiger partial charge is 0.229 e. The Hall–Kier alpha value is -2.94. The Labute approximate surface area is 159 Å². The van der Waals surface area contributed by atoms with Gasteiger partial charge in [-0.3, -0.25) is 4.79 Å². The predicted octanol–water partition coefficient (Wildman–Crippen LogP) is 2.41. The Morgan fingerprint density at radius 2 is 2.11 bits per heavy atom.